The minimum atomic E-state index is -0.0234. The average molecular weight is 399 g/mol. The zero-order valence-electron chi connectivity index (χ0n) is 16.5. The lowest BCUT2D eigenvalue weighted by Gasteiger charge is -2.36. The van der Waals surface area contributed by atoms with Gasteiger partial charge in [-0.25, -0.2) is 15.0 Å². The van der Waals surface area contributed by atoms with Gasteiger partial charge in [-0.3, -0.25) is 4.79 Å². The van der Waals surface area contributed by atoms with E-state index in [0.717, 1.165) is 18.4 Å². The summed E-state index contributed by atoms with van der Waals surface area (Å²) in [4.78, 5) is 30.8. The van der Waals surface area contributed by atoms with Crippen molar-refractivity contribution in [3.8, 4) is 17.1 Å². The van der Waals surface area contributed by atoms with Crippen molar-refractivity contribution < 1.29 is 14.3 Å². The van der Waals surface area contributed by atoms with Crippen LogP contribution in [0.4, 0.5) is 11.9 Å². The molecule has 154 valence electrons. The number of aromatic nitrogens is 4. The number of rotatable bonds is 5. The summed E-state index contributed by atoms with van der Waals surface area (Å²) in [5.74, 6) is 1.26. The molecule has 0 bridgehead atoms. The molecule has 2 aliphatic rings. The Labute approximate surface area is 168 Å². The van der Waals surface area contributed by atoms with Gasteiger partial charge in [0.1, 0.15) is 6.10 Å². The van der Waals surface area contributed by atoms with E-state index in [4.69, 9.17) is 20.2 Å². The summed E-state index contributed by atoms with van der Waals surface area (Å²) in [6, 6.07) is 2.10. The summed E-state index contributed by atoms with van der Waals surface area (Å²) < 4.78 is 11.6. The van der Waals surface area contributed by atoms with Crippen LogP contribution in [-0.4, -0.2) is 63.8 Å². The molecule has 1 saturated heterocycles. The molecule has 1 amide bonds. The summed E-state index contributed by atoms with van der Waals surface area (Å²) in [6.45, 7) is 5.55. The lowest BCUT2D eigenvalue weighted by atomic mass is 9.89. The lowest BCUT2D eigenvalue weighted by Crippen LogP contribution is -2.48. The standard InChI is InChI=1S/C19H25N7O3/c1-11-10-28-4-3-26(11)19-24-16(13-8-21-18(20)22-9-13)7-17(25-19)29-15-5-14(6-15)23-12(2)27/h7-9,11,14-15H,3-6,10H2,1-2H3,(H,23,27)(H2,20,21,22)/t11-,14?,15?/m0/s1. The van der Waals surface area contributed by atoms with Crippen molar-refractivity contribution in [1.29, 1.82) is 0 Å². The molecule has 2 fully saturated rings. The smallest absolute Gasteiger partial charge is 0.229 e. The van der Waals surface area contributed by atoms with E-state index in [2.05, 4.69) is 32.1 Å². The largest absolute Gasteiger partial charge is 0.474 e. The van der Waals surface area contributed by atoms with Gasteiger partial charge < -0.3 is 25.4 Å². The number of nitrogen functional groups attached to an aromatic ring is 1. The lowest BCUT2D eigenvalue weighted by molar-refractivity contribution is -0.120. The first-order valence-corrected chi connectivity index (χ1v) is 9.73. The van der Waals surface area contributed by atoms with Crippen molar-refractivity contribution in [1.82, 2.24) is 25.3 Å². The molecule has 3 heterocycles. The van der Waals surface area contributed by atoms with Gasteiger partial charge in [0.05, 0.1) is 24.9 Å². The van der Waals surface area contributed by atoms with Crippen LogP contribution in [-0.2, 0) is 9.53 Å². The second-order valence-corrected chi connectivity index (χ2v) is 7.45. The Morgan fingerprint density at radius 2 is 2.07 bits per heavy atom. The van der Waals surface area contributed by atoms with E-state index < -0.39 is 0 Å². The number of morpholine rings is 1. The van der Waals surface area contributed by atoms with Gasteiger partial charge in [-0.1, -0.05) is 0 Å². The van der Waals surface area contributed by atoms with Gasteiger partial charge in [-0.15, -0.1) is 0 Å². The fourth-order valence-electron chi connectivity index (χ4n) is 3.48. The summed E-state index contributed by atoms with van der Waals surface area (Å²) in [6.07, 6.45) is 4.79. The van der Waals surface area contributed by atoms with Crippen LogP contribution in [0.5, 0.6) is 5.88 Å². The molecule has 0 unspecified atom stereocenters. The minimum Gasteiger partial charge on any atom is -0.474 e. The number of nitrogens with one attached hydrogen (secondary N) is 1. The highest BCUT2D eigenvalue weighted by Crippen LogP contribution is 2.29. The Balaban J connectivity index is 1.58. The van der Waals surface area contributed by atoms with Crippen LogP contribution in [0.2, 0.25) is 0 Å². The SMILES string of the molecule is CC(=O)NC1CC(Oc2cc(-c3cnc(N)nc3)nc(N3CCOC[C@@H]3C)n2)C1. The van der Waals surface area contributed by atoms with Gasteiger partial charge in [0.2, 0.25) is 23.7 Å². The highest BCUT2D eigenvalue weighted by Gasteiger charge is 2.32. The number of carbonyl (C=O) groups excluding carboxylic acids is 1. The fraction of sp³-hybridized carbons (Fsp3) is 0.526. The maximum atomic E-state index is 11.2. The normalized spacial score (nSPS) is 23.9. The van der Waals surface area contributed by atoms with Crippen LogP contribution in [0.15, 0.2) is 18.5 Å². The average Bonchev–Trinajstić information content (AvgIpc) is 2.66. The monoisotopic (exact) mass is 399 g/mol. The third kappa shape index (κ3) is 4.53. The van der Waals surface area contributed by atoms with Crippen LogP contribution in [0.25, 0.3) is 11.3 Å². The van der Waals surface area contributed by atoms with Crippen LogP contribution < -0.4 is 20.7 Å². The van der Waals surface area contributed by atoms with Gasteiger partial charge in [0.15, 0.2) is 0 Å². The maximum absolute atomic E-state index is 11.2. The Bertz CT molecular complexity index is 871. The first-order chi connectivity index (χ1) is 14.0. The Kier molecular flexibility index (Phi) is 5.43. The summed E-state index contributed by atoms with van der Waals surface area (Å²) in [7, 11) is 0. The van der Waals surface area contributed by atoms with Gasteiger partial charge in [0, 0.05) is 56.4 Å². The molecule has 1 aliphatic heterocycles. The van der Waals surface area contributed by atoms with E-state index >= 15 is 0 Å². The van der Waals surface area contributed by atoms with E-state index in [1.807, 2.05) is 0 Å². The second-order valence-electron chi connectivity index (χ2n) is 7.45. The van der Waals surface area contributed by atoms with Crippen molar-refractivity contribution >= 4 is 17.8 Å². The quantitative estimate of drug-likeness (QED) is 0.749. The molecule has 10 nitrogen and oxygen atoms in total. The van der Waals surface area contributed by atoms with Gasteiger partial charge in [-0.2, -0.15) is 4.98 Å². The summed E-state index contributed by atoms with van der Waals surface area (Å²) >= 11 is 0. The predicted octanol–water partition coefficient (Wildman–Crippen LogP) is 0.787. The molecule has 0 spiro atoms. The van der Waals surface area contributed by atoms with E-state index in [-0.39, 0.29) is 30.0 Å². The molecule has 0 aromatic carbocycles. The van der Waals surface area contributed by atoms with Crippen molar-refractivity contribution in [3.63, 3.8) is 0 Å². The molecular weight excluding hydrogens is 374 g/mol. The highest BCUT2D eigenvalue weighted by atomic mass is 16.5. The number of ether oxygens (including phenoxy) is 2. The molecule has 2 aromatic heterocycles. The number of hydrogen-bond donors (Lipinski definition) is 2. The van der Waals surface area contributed by atoms with Crippen molar-refractivity contribution in [2.75, 3.05) is 30.4 Å². The molecular formula is C19H25N7O3. The molecule has 0 radical (unpaired) electrons. The summed E-state index contributed by atoms with van der Waals surface area (Å²) in [5, 5.41) is 2.90. The maximum Gasteiger partial charge on any atom is 0.229 e. The van der Waals surface area contributed by atoms with Gasteiger partial charge in [0.25, 0.3) is 0 Å². The minimum absolute atomic E-state index is 0.00669. The van der Waals surface area contributed by atoms with E-state index in [1.165, 1.54) is 6.92 Å². The van der Waals surface area contributed by atoms with Crippen molar-refractivity contribution in [2.45, 2.75) is 44.9 Å². The van der Waals surface area contributed by atoms with Crippen molar-refractivity contribution in [2.24, 2.45) is 0 Å². The Hall–Kier alpha value is -3.01. The first-order valence-electron chi connectivity index (χ1n) is 9.73. The van der Waals surface area contributed by atoms with Gasteiger partial charge >= 0.3 is 0 Å². The van der Waals surface area contributed by atoms with Crippen LogP contribution in [0.1, 0.15) is 26.7 Å². The topological polar surface area (TPSA) is 128 Å². The first kappa shape index (κ1) is 19.3. The number of nitrogens with two attached hydrogens (primary N) is 1. The Morgan fingerprint density at radius 1 is 1.31 bits per heavy atom. The third-order valence-electron chi connectivity index (χ3n) is 5.07. The third-order valence-corrected chi connectivity index (χ3v) is 5.07. The zero-order valence-corrected chi connectivity index (χ0v) is 16.5. The number of nitrogens with zero attached hydrogens (tertiary/aromatic N) is 5. The van der Waals surface area contributed by atoms with E-state index in [0.29, 0.717) is 37.3 Å². The van der Waals surface area contributed by atoms with E-state index in [9.17, 15) is 4.79 Å². The van der Waals surface area contributed by atoms with Gasteiger partial charge in [-0.05, 0) is 6.92 Å². The fourth-order valence-corrected chi connectivity index (χ4v) is 3.48. The summed E-state index contributed by atoms with van der Waals surface area (Å²) in [5.41, 5.74) is 7.01. The Morgan fingerprint density at radius 3 is 2.76 bits per heavy atom. The van der Waals surface area contributed by atoms with Crippen LogP contribution >= 0.6 is 0 Å². The van der Waals surface area contributed by atoms with E-state index in [1.54, 1.807) is 18.5 Å². The van der Waals surface area contributed by atoms with Crippen LogP contribution in [0.3, 0.4) is 0 Å². The number of anilines is 2. The molecule has 3 N–H and O–H groups in total. The number of amides is 1. The predicted molar refractivity (Wildman–Crippen MR) is 106 cm³/mol. The molecule has 2 aromatic rings. The van der Waals surface area contributed by atoms with Crippen LogP contribution in [0, 0.1) is 0 Å². The number of carbonyl (C=O) groups is 1. The zero-order chi connectivity index (χ0) is 20.4. The molecule has 29 heavy (non-hydrogen) atoms. The molecule has 4 rings (SSSR count). The molecule has 10 heteroatoms. The molecule has 1 saturated carbocycles. The molecule has 1 atom stereocenters. The molecule has 1 aliphatic carbocycles. The van der Waals surface area contributed by atoms with Crippen molar-refractivity contribution in [3.05, 3.63) is 18.5 Å². The second kappa shape index (κ2) is 8.16. The number of hydrogen-bond acceptors (Lipinski definition) is 9. The highest BCUT2D eigenvalue weighted by molar-refractivity contribution is 5.73.